The summed E-state index contributed by atoms with van der Waals surface area (Å²) in [6.45, 7) is 0.340. The van der Waals surface area contributed by atoms with E-state index in [4.69, 9.17) is 5.73 Å². The summed E-state index contributed by atoms with van der Waals surface area (Å²) in [5.41, 5.74) is 9.81. The first-order chi connectivity index (χ1) is 7.72. The maximum Gasteiger partial charge on any atom is 0.272 e. The van der Waals surface area contributed by atoms with Crippen molar-refractivity contribution in [3.63, 3.8) is 0 Å². The zero-order chi connectivity index (χ0) is 11.5. The monoisotopic (exact) mass is 217 g/mol. The molecule has 0 bridgehead atoms. The van der Waals surface area contributed by atoms with Gasteiger partial charge in [0.05, 0.1) is 5.69 Å². The highest BCUT2D eigenvalue weighted by molar-refractivity contribution is 6.13. The van der Waals surface area contributed by atoms with Crippen LogP contribution in [0.5, 0.6) is 0 Å². The molecule has 2 amide bonds. The summed E-state index contributed by atoms with van der Waals surface area (Å²) >= 11 is 0. The molecule has 1 heterocycles. The Kier molecular flexibility index (Phi) is 2.70. The molecule has 0 saturated carbocycles. The fourth-order valence-corrected chi connectivity index (χ4v) is 1.44. The van der Waals surface area contributed by atoms with E-state index in [1.54, 1.807) is 12.1 Å². The molecule has 0 atom stereocenters. The van der Waals surface area contributed by atoms with E-state index < -0.39 is 0 Å². The van der Waals surface area contributed by atoms with Crippen LogP contribution in [0, 0.1) is 0 Å². The molecule has 0 saturated heterocycles. The lowest BCUT2D eigenvalue weighted by atomic mass is 10.2. The Bertz CT molecular complexity index is 450. The first-order valence-corrected chi connectivity index (χ1v) is 4.83. The van der Waals surface area contributed by atoms with Gasteiger partial charge in [-0.2, -0.15) is 5.01 Å². The van der Waals surface area contributed by atoms with Gasteiger partial charge in [0.2, 0.25) is 0 Å². The van der Waals surface area contributed by atoms with Crippen molar-refractivity contribution in [2.45, 2.75) is 6.54 Å². The van der Waals surface area contributed by atoms with Crippen LogP contribution in [0.15, 0.2) is 36.4 Å². The van der Waals surface area contributed by atoms with Crippen molar-refractivity contribution in [2.75, 3.05) is 5.43 Å². The van der Waals surface area contributed by atoms with Crippen molar-refractivity contribution in [1.82, 2.24) is 5.01 Å². The zero-order valence-corrected chi connectivity index (χ0v) is 8.51. The first kappa shape index (κ1) is 10.4. The van der Waals surface area contributed by atoms with Crippen LogP contribution in [0.4, 0.5) is 5.69 Å². The number of imide groups is 1. The maximum atomic E-state index is 11.3. The normalized spacial score (nSPS) is 14.7. The smallest absolute Gasteiger partial charge is 0.272 e. The van der Waals surface area contributed by atoms with Gasteiger partial charge >= 0.3 is 0 Å². The molecule has 1 aromatic carbocycles. The van der Waals surface area contributed by atoms with Crippen molar-refractivity contribution in [1.29, 1.82) is 0 Å². The molecule has 2 rings (SSSR count). The summed E-state index contributed by atoms with van der Waals surface area (Å²) in [4.78, 5) is 22.6. The van der Waals surface area contributed by atoms with Gasteiger partial charge in [0.1, 0.15) is 0 Å². The van der Waals surface area contributed by atoms with Crippen molar-refractivity contribution in [3.8, 4) is 0 Å². The molecule has 3 N–H and O–H groups in total. The summed E-state index contributed by atoms with van der Waals surface area (Å²) in [7, 11) is 0. The third kappa shape index (κ3) is 1.80. The second-order valence-electron chi connectivity index (χ2n) is 3.32. The zero-order valence-electron chi connectivity index (χ0n) is 8.51. The van der Waals surface area contributed by atoms with E-state index in [2.05, 4.69) is 5.43 Å². The number of nitrogens with zero attached hydrogens (tertiary/aromatic N) is 1. The van der Waals surface area contributed by atoms with Gasteiger partial charge in [0.25, 0.3) is 11.8 Å². The highest BCUT2D eigenvalue weighted by Crippen LogP contribution is 2.16. The highest BCUT2D eigenvalue weighted by Gasteiger charge is 2.23. The molecule has 0 aromatic heterocycles. The first-order valence-electron chi connectivity index (χ1n) is 4.83. The topological polar surface area (TPSA) is 75.4 Å². The van der Waals surface area contributed by atoms with Crippen molar-refractivity contribution >= 4 is 17.5 Å². The lowest BCUT2D eigenvalue weighted by molar-refractivity contribution is -0.135. The van der Waals surface area contributed by atoms with Crippen LogP contribution in [-0.2, 0) is 16.1 Å². The van der Waals surface area contributed by atoms with E-state index in [1.165, 1.54) is 12.2 Å². The van der Waals surface area contributed by atoms with Gasteiger partial charge in [-0.25, -0.2) is 0 Å². The largest absolute Gasteiger partial charge is 0.326 e. The fraction of sp³-hybridized carbons (Fsp3) is 0.0909. The number of hydrogen-bond acceptors (Lipinski definition) is 4. The molecule has 1 aliphatic rings. The Morgan fingerprint density at radius 3 is 2.38 bits per heavy atom. The Labute approximate surface area is 92.5 Å². The minimum absolute atomic E-state index is 0.340. The van der Waals surface area contributed by atoms with Gasteiger partial charge in [0.15, 0.2) is 0 Å². The number of hydrazine groups is 1. The molecule has 5 heteroatoms. The lowest BCUT2D eigenvalue weighted by Gasteiger charge is -2.18. The maximum absolute atomic E-state index is 11.3. The Balaban J connectivity index is 2.21. The quantitative estimate of drug-likeness (QED) is 0.718. The number of nitrogens with two attached hydrogens (primary N) is 1. The lowest BCUT2D eigenvalue weighted by Crippen LogP contribution is -2.35. The molecule has 0 radical (unpaired) electrons. The van der Waals surface area contributed by atoms with E-state index in [-0.39, 0.29) is 11.8 Å². The third-order valence-electron chi connectivity index (χ3n) is 2.28. The Hall–Kier alpha value is -2.14. The molecular weight excluding hydrogens is 206 g/mol. The SMILES string of the molecule is NCc1ccccc1NN1C(=O)C=CC1=O. The number of benzene rings is 1. The van der Waals surface area contributed by atoms with E-state index in [1.807, 2.05) is 12.1 Å². The third-order valence-corrected chi connectivity index (χ3v) is 2.28. The van der Waals surface area contributed by atoms with Crippen LogP contribution < -0.4 is 11.2 Å². The van der Waals surface area contributed by atoms with Gasteiger partial charge in [0, 0.05) is 18.7 Å². The minimum Gasteiger partial charge on any atom is -0.326 e. The van der Waals surface area contributed by atoms with Crippen LogP contribution in [0.3, 0.4) is 0 Å². The predicted octanol–water partition coefficient (Wildman–Crippen LogP) is 0.397. The summed E-state index contributed by atoms with van der Waals surface area (Å²) in [5.74, 6) is -0.756. The van der Waals surface area contributed by atoms with Crippen LogP contribution >= 0.6 is 0 Å². The number of para-hydroxylation sites is 1. The number of hydrogen-bond donors (Lipinski definition) is 2. The Morgan fingerprint density at radius 1 is 1.12 bits per heavy atom. The number of carbonyl (C=O) groups excluding carboxylic acids is 2. The summed E-state index contributed by atoms with van der Waals surface area (Å²) < 4.78 is 0. The molecule has 0 aliphatic carbocycles. The van der Waals surface area contributed by atoms with Gasteiger partial charge in [-0.15, -0.1) is 0 Å². The van der Waals surface area contributed by atoms with Crippen LogP contribution in [0.1, 0.15) is 5.56 Å². The molecule has 82 valence electrons. The van der Waals surface area contributed by atoms with E-state index >= 15 is 0 Å². The predicted molar refractivity (Wildman–Crippen MR) is 58.9 cm³/mol. The minimum atomic E-state index is -0.378. The van der Waals surface area contributed by atoms with Gasteiger partial charge in [-0.05, 0) is 11.6 Å². The van der Waals surface area contributed by atoms with Crippen molar-refractivity contribution < 1.29 is 9.59 Å². The molecule has 16 heavy (non-hydrogen) atoms. The fourth-order valence-electron chi connectivity index (χ4n) is 1.44. The second-order valence-corrected chi connectivity index (χ2v) is 3.32. The average Bonchev–Trinajstić information content (AvgIpc) is 2.61. The van der Waals surface area contributed by atoms with Crippen molar-refractivity contribution in [3.05, 3.63) is 42.0 Å². The number of amides is 2. The molecular formula is C11H11N3O2. The van der Waals surface area contributed by atoms with Crippen molar-refractivity contribution in [2.24, 2.45) is 5.73 Å². The number of rotatable bonds is 3. The van der Waals surface area contributed by atoms with Crippen LogP contribution in [-0.4, -0.2) is 16.8 Å². The highest BCUT2D eigenvalue weighted by atomic mass is 16.2. The van der Waals surface area contributed by atoms with Crippen LogP contribution in [0.25, 0.3) is 0 Å². The molecule has 0 spiro atoms. The van der Waals surface area contributed by atoms with E-state index in [9.17, 15) is 9.59 Å². The number of anilines is 1. The van der Waals surface area contributed by atoms with Gasteiger partial charge in [-0.1, -0.05) is 18.2 Å². The molecule has 5 nitrogen and oxygen atoms in total. The molecule has 0 unspecified atom stereocenters. The molecule has 0 fully saturated rings. The Morgan fingerprint density at radius 2 is 1.75 bits per heavy atom. The number of carbonyl (C=O) groups is 2. The number of nitrogens with one attached hydrogen (secondary N) is 1. The van der Waals surface area contributed by atoms with E-state index in [0.717, 1.165) is 10.6 Å². The summed E-state index contributed by atoms with van der Waals surface area (Å²) in [6, 6.07) is 7.25. The summed E-state index contributed by atoms with van der Waals surface area (Å²) in [5, 5.41) is 0.953. The van der Waals surface area contributed by atoms with Crippen LogP contribution in [0.2, 0.25) is 0 Å². The second kappa shape index (κ2) is 4.16. The standard InChI is InChI=1S/C11H11N3O2/c12-7-8-3-1-2-4-9(8)13-14-10(15)5-6-11(14)16/h1-6,13H,7,12H2. The summed E-state index contributed by atoms with van der Waals surface area (Å²) in [6.07, 6.45) is 2.45. The van der Waals surface area contributed by atoms with Gasteiger partial charge in [-0.3, -0.25) is 15.0 Å². The molecule has 1 aliphatic heterocycles. The van der Waals surface area contributed by atoms with E-state index in [0.29, 0.717) is 12.2 Å². The van der Waals surface area contributed by atoms with Gasteiger partial charge < -0.3 is 5.73 Å². The molecule has 1 aromatic rings. The average molecular weight is 217 g/mol.